The predicted molar refractivity (Wildman–Crippen MR) is 52.9 cm³/mol. The van der Waals surface area contributed by atoms with Gasteiger partial charge in [-0.05, 0) is 36.5 Å². The minimum atomic E-state index is -1.11. The zero-order valence-corrected chi connectivity index (χ0v) is 8.11. The lowest BCUT2D eigenvalue weighted by Crippen LogP contribution is -2.56. The summed E-state index contributed by atoms with van der Waals surface area (Å²) < 4.78 is 12.9. The van der Waals surface area contributed by atoms with Crippen molar-refractivity contribution in [1.82, 2.24) is 0 Å². The van der Waals surface area contributed by atoms with E-state index in [0.29, 0.717) is 12.8 Å². The Morgan fingerprint density at radius 1 is 1.53 bits per heavy atom. The van der Waals surface area contributed by atoms with Gasteiger partial charge in [0.25, 0.3) is 0 Å². The van der Waals surface area contributed by atoms with Crippen molar-refractivity contribution in [2.24, 2.45) is 5.73 Å². The van der Waals surface area contributed by atoms with Gasteiger partial charge in [-0.3, -0.25) is 4.79 Å². The number of hydrogen-bond acceptors (Lipinski definition) is 2. The summed E-state index contributed by atoms with van der Waals surface area (Å²) in [6.45, 7) is 0. The van der Waals surface area contributed by atoms with Crippen molar-refractivity contribution in [2.75, 3.05) is 0 Å². The van der Waals surface area contributed by atoms with E-state index < -0.39 is 11.5 Å². The van der Waals surface area contributed by atoms with E-state index >= 15 is 0 Å². The van der Waals surface area contributed by atoms with Crippen molar-refractivity contribution < 1.29 is 14.3 Å². The van der Waals surface area contributed by atoms with Gasteiger partial charge in [-0.1, -0.05) is 12.1 Å². The molecule has 4 heteroatoms. The molecule has 1 aromatic carbocycles. The van der Waals surface area contributed by atoms with Crippen LogP contribution in [0.4, 0.5) is 4.39 Å². The van der Waals surface area contributed by atoms with Crippen LogP contribution in [0.2, 0.25) is 0 Å². The molecule has 0 saturated heterocycles. The van der Waals surface area contributed by atoms with Gasteiger partial charge >= 0.3 is 5.97 Å². The van der Waals surface area contributed by atoms with Gasteiger partial charge in [0, 0.05) is 0 Å². The fourth-order valence-electron chi connectivity index (χ4n) is 1.99. The van der Waals surface area contributed by atoms with Crippen LogP contribution >= 0.6 is 0 Å². The van der Waals surface area contributed by atoms with Crippen molar-refractivity contribution in [3.8, 4) is 0 Å². The molecule has 80 valence electrons. The first-order valence-corrected chi connectivity index (χ1v) is 4.79. The summed E-state index contributed by atoms with van der Waals surface area (Å²) in [5.74, 6) is -1.20. The minimum Gasteiger partial charge on any atom is -0.480 e. The van der Waals surface area contributed by atoms with Crippen molar-refractivity contribution in [3.05, 3.63) is 35.6 Å². The normalized spacial score (nSPS) is 29.6. The first-order chi connectivity index (χ1) is 7.01. The Labute approximate surface area is 86.7 Å². The summed E-state index contributed by atoms with van der Waals surface area (Å²) in [4.78, 5) is 10.7. The third kappa shape index (κ3) is 1.72. The summed E-state index contributed by atoms with van der Waals surface area (Å²) in [6, 6.07) is 6.23. The zero-order valence-electron chi connectivity index (χ0n) is 8.11. The molecule has 1 aliphatic carbocycles. The summed E-state index contributed by atoms with van der Waals surface area (Å²) in [5.41, 5.74) is 5.33. The number of halogens is 1. The number of rotatable bonds is 2. The number of benzene rings is 1. The summed E-state index contributed by atoms with van der Waals surface area (Å²) in [5, 5.41) is 8.81. The van der Waals surface area contributed by atoms with Crippen LogP contribution in [0.1, 0.15) is 24.3 Å². The second-order valence-electron chi connectivity index (χ2n) is 4.12. The molecule has 0 aromatic heterocycles. The van der Waals surface area contributed by atoms with Crippen LogP contribution in [0.25, 0.3) is 0 Å². The second-order valence-corrected chi connectivity index (χ2v) is 4.12. The average molecular weight is 209 g/mol. The molecule has 1 aromatic rings. The van der Waals surface area contributed by atoms with Crippen LogP contribution < -0.4 is 5.73 Å². The van der Waals surface area contributed by atoms with Crippen LogP contribution in [0.5, 0.6) is 0 Å². The molecule has 1 saturated carbocycles. The van der Waals surface area contributed by atoms with E-state index in [0.717, 1.165) is 5.56 Å². The van der Waals surface area contributed by atoms with E-state index in [2.05, 4.69) is 0 Å². The maximum atomic E-state index is 12.9. The topological polar surface area (TPSA) is 63.3 Å². The van der Waals surface area contributed by atoms with Gasteiger partial charge in [-0.25, -0.2) is 4.39 Å². The first-order valence-electron chi connectivity index (χ1n) is 4.79. The van der Waals surface area contributed by atoms with E-state index in [9.17, 15) is 9.18 Å². The first kappa shape index (κ1) is 10.1. The van der Waals surface area contributed by atoms with Crippen molar-refractivity contribution in [1.29, 1.82) is 0 Å². The predicted octanol–water partition coefficient (Wildman–Crippen LogP) is 1.49. The molecular weight excluding hydrogens is 197 g/mol. The van der Waals surface area contributed by atoms with Crippen molar-refractivity contribution >= 4 is 5.97 Å². The molecule has 0 unspecified atom stereocenters. The highest BCUT2D eigenvalue weighted by Gasteiger charge is 2.47. The maximum Gasteiger partial charge on any atom is 0.323 e. The Hall–Kier alpha value is -1.42. The molecule has 0 radical (unpaired) electrons. The molecule has 2 rings (SSSR count). The fourth-order valence-corrected chi connectivity index (χ4v) is 1.99. The van der Waals surface area contributed by atoms with Crippen LogP contribution in [0, 0.1) is 5.82 Å². The molecule has 0 heterocycles. The lowest BCUT2D eigenvalue weighted by atomic mass is 9.66. The minimum absolute atomic E-state index is 0.0711. The smallest absolute Gasteiger partial charge is 0.323 e. The van der Waals surface area contributed by atoms with Gasteiger partial charge in [0.15, 0.2) is 0 Å². The van der Waals surface area contributed by atoms with Gasteiger partial charge in [0.2, 0.25) is 0 Å². The zero-order chi connectivity index (χ0) is 11.1. The summed E-state index contributed by atoms with van der Waals surface area (Å²) in [7, 11) is 0. The molecule has 15 heavy (non-hydrogen) atoms. The summed E-state index contributed by atoms with van der Waals surface area (Å²) >= 11 is 0. The van der Waals surface area contributed by atoms with E-state index in [1.54, 1.807) is 12.1 Å². The number of carboxylic acids is 1. The molecule has 0 bridgehead atoms. The monoisotopic (exact) mass is 209 g/mol. The molecule has 0 atom stereocenters. The van der Waals surface area contributed by atoms with E-state index in [-0.39, 0.29) is 11.7 Å². The maximum absolute atomic E-state index is 12.9. The standard InChI is InChI=1S/C11H12FNO2/c12-9-3-1-2-7(4-9)8-5-11(13,6-8)10(14)15/h1-4,8H,5-6,13H2,(H,14,15). The van der Waals surface area contributed by atoms with Gasteiger partial charge in [-0.2, -0.15) is 0 Å². The van der Waals surface area contributed by atoms with Gasteiger partial charge in [0.05, 0.1) is 0 Å². The highest BCUT2D eigenvalue weighted by molar-refractivity contribution is 5.80. The third-order valence-corrected chi connectivity index (χ3v) is 2.97. The number of nitrogens with two attached hydrogens (primary N) is 1. The molecular formula is C11H12FNO2. The Bertz CT molecular complexity index is 399. The highest BCUT2D eigenvalue weighted by Crippen LogP contribution is 2.43. The Balaban J connectivity index is 2.09. The van der Waals surface area contributed by atoms with E-state index in [4.69, 9.17) is 10.8 Å². The molecule has 0 amide bonds. The van der Waals surface area contributed by atoms with Gasteiger partial charge in [-0.15, -0.1) is 0 Å². The molecule has 0 spiro atoms. The van der Waals surface area contributed by atoms with Crippen LogP contribution in [0.3, 0.4) is 0 Å². The number of carboxylic acid groups (broad SMARTS) is 1. The average Bonchev–Trinajstić information content (AvgIpc) is 2.12. The lowest BCUT2D eigenvalue weighted by Gasteiger charge is -2.41. The highest BCUT2D eigenvalue weighted by atomic mass is 19.1. The van der Waals surface area contributed by atoms with Crippen molar-refractivity contribution in [2.45, 2.75) is 24.3 Å². The Morgan fingerprint density at radius 2 is 2.20 bits per heavy atom. The molecule has 1 aliphatic rings. The second kappa shape index (κ2) is 3.31. The van der Waals surface area contributed by atoms with Gasteiger partial charge in [0.1, 0.15) is 11.4 Å². The SMILES string of the molecule is NC1(C(=O)O)CC(c2cccc(F)c2)C1. The fraction of sp³-hybridized carbons (Fsp3) is 0.364. The molecule has 0 aliphatic heterocycles. The van der Waals surface area contributed by atoms with E-state index in [1.807, 2.05) is 0 Å². The molecule has 3 nitrogen and oxygen atoms in total. The largest absolute Gasteiger partial charge is 0.480 e. The van der Waals surface area contributed by atoms with E-state index in [1.165, 1.54) is 12.1 Å². The Morgan fingerprint density at radius 3 is 2.73 bits per heavy atom. The lowest BCUT2D eigenvalue weighted by molar-refractivity contribution is -0.147. The van der Waals surface area contributed by atoms with Gasteiger partial charge < -0.3 is 10.8 Å². The van der Waals surface area contributed by atoms with Crippen LogP contribution in [-0.4, -0.2) is 16.6 Å². The number of hydrogen-bond donors (Lipinski definition) is 2. The number of aliphatic carboxylic acids is 1. The van der Waals surface area contributed by atoms with Crippen LogP contribution in [0.15, 0.2) is 24.3 Å². The van der Waals surface area contributed by atoms with Crippen molar-refractivity contribution in [3.63, 3.8) is 0 Å². The summed E-state index contributed by atoms with van der Waals surface area (Å²) in [6.07, 6.45) is 0.761. The molecule has 1 fully saturated rings. The molecule has 3 N–H and O–H groups in total. The third-order valence-electron chi connectivity index (χ3n) is 2.97. The quantitative estimate of drug-likeness (QED) is 0.775. The number of carbonyl (C=O) groups is 1. The van der Waals surface area contributed by atoms with Crippen LogP contribution in [-0.2, 0) is 4.79 Å². The Kier molecular flexibility index (Phi) is 2.23.